The van der Waals surface area contributed by atoms with Gasteiger partial charge in [-0.05, 0) is 50.1 Å². The van der Waals surface area contributed by atoms with E-state index in [4.69, 9.17) is 0 Å². The van der Waals surface area contributed by atoms with E-state index in [1.54, 1.807) is 0 Å². The second-order valence-electron chi connectivity index (χ2n) is 7.26. The summed E-state index contributed by atoms with van der Waals surface area (Å²) >= 11 is 1.53. The second-order valence-corrected chi connectivity index (χ2v) is 8.04. The Labute approximate surface area is 177 Å². The molecular weight excluding hydrogens is 378 g/mol. The molecule has 0 fully saturated rings. The van der Waals surface area contributed by atoms with Crippen LogP contribution in [0.25, 0.3) is 0 Å². The van der Waals surface area contributed by atoms with Gasteiger partial charge in [0.1, 0.15) is 0 Å². The van der Waals surface area contributed by atoms with Gasteiger partial charge in [-0.15, -0.1) is 0 Å². The molecule has 3 aromatic rings. The van der Waals surface area contributed by atoms with Crippen molar-refractivity contribution in [2.75, 3.05) is 6.26 Å². The van der Waals surface area contributed by atoms with Gasteiger partial charge in [0.15, 0.2) is 5.16 Å². The minimum Gasteiger partial charge on any atom is -0.343 e. The maximum Gasteiger partial charge on any atom is 0.221 e. The summed E-state index contributed by atoms with van der Waals surface area (Å²) in [7, 11) is 0. The molecule has 0 saturated carbocycles. The molecule has 4 nitrogen and oxygen atoms in total. The van der Waals surface area contributed by atoms with Crippen molar-refractivity contribution < 1.29 is 4.79 Å². The van der Waals surface area contributed by atoms with Gasteiger partial charge >= 0.3 is 0 Å². The van der Waals surface area contributed by atoms with Crippen LogP contribution in [0.1, 0.15) is 41.4 Å². The topological polar surface area (TPSA) is 54.9 Å². The molecule has 150 valence electrons. The zero-order valence-corrected chi connectivity index (χ0v) is 18.2. The van der Waals surface area contributed by atoms with Crippen LogP contribution in [0.5, 0.6) is 0 Å². The lowest BCUT2D eigenvalue weighted by molar-refractivity contribution is -0.122. The number of carbonyl (C=O) groups is 1. The van der Waals surface area contributed by atoms with Gasteiger partial charge in [-0.3, -0.25) is 4.79 Å². The highest BCUT2D eigenvalue weighted by Crippen LogP contribution is 2.29. The minimum atomic E-state index is -0.594. The molecule has 1 aromatic heterocycles. The van der Waals surface area contributed by atoms with Gasteiger partial charge < -0.3 is 5.32 Å². The molecule has 0 unspecified atom stereocenters. The predicted octanol–water partition coefficient (Wildman–Crippen LogP) is 4.83. The summed E-state index contributed by atoms with van der Waals surface area (Å²) in [6.07, 6.45) is 2.98. The van der Waals surface area contributed by atoms with Crippen LogP contribution < -0.4 is 5.32 Å². The Morgan fingerprint density at radius 2 is 1.41 bits per heavy atom. The number of carbonyl (C=O) groups excluding carboxylic acids is 1. The van der Waals surface area contributed by atoms with E-state index in [0.29, 0.717) is 12.8 Å². The molecule has 5 heteroatoms. The Balaban J connectivity index is 1.80. The highest BCUT2D eigenvalue weighted by molar-refractivity contribution is 7.98. The number of benzene rings is 2. The molecule has 0 aliphatic rings. The number of nitrogens with zero attached hydrogens (tertiary/aromatic N) is 2. The first-order valence-electron chi connectivity index (χ1n) is 9.74. The number of amides is 1. The van der Waals surface area contributed by atoms with E-state index in [-0.39, 0.29) is 5.91 Å². The fraction of sp³-hybridized carbons (Fsp3) is 0.292. The van der Waals surface area contributed by atoms with Crippen molar-refractivity contribution in [3.05, 3.63) is 88.7 Å². The summed E-state index contributed by atoms with van der Waals surface area (Å²) in [6.45, 7) is 6.03. The Kier molecular flexibility index (Phi) is 6.70. The Morgan fingerprint density at radius 1 is 0.931 bits per heavy atom. The smallest absolute Gasteiger partial charge is 0.221 e. The first-order valence-corrected chi connectivity index (χ1v) is 11.0. The second kappa shape index (κ2) is 9.23. The van der Waals surface area contributed by atoms with E-state index in [9.17, 15) is 4.79 Å². The number of rotatable bonds is 7. The summed E-state index contributed by atoms with van der Waals surface area (Å²) in [5, 5.41) is 4.05. The molecule has 0 aliphatic heterocycles. The lowest BCUT2D eigenvalue weighted by atomic mass is 9.84. The van der Waals surface area contributed by atoms with Gasteiger partial charge in [-0.25, -0.2) is 9.97 Å². The molecule has 1 N–H and O–H groups in total. The van der Waals surface area contributed by atoms with E-state index in [2.05, 4.69) is 46.5 Å². The van der Waals surface area contributed by atoms with E-state index < -0.39 is 5.54 Å². The average Bonchev–Trinajstić information content (AvgIpc) is 2.74. The summed E-state index contributed by atoms with van der Waals surface area (Å²) in [4.78, 5) is 22.0. The summed E-state index contributed by atoms with van der Waals surface area (Å²) in [5.41, 5.74) is 4.47. The van der Waals surface area contributed by atoms with Crippen LogP contribution in [-0.2, 0) is 16.8 Å². The lowest BCUT2D eigenvalue weighted by Crippen LogP contribution is -2.44. The first-order chi connectivity index (χ1) is 13.9. The summed E-state index contributed by atoms with van der Waals surface area (Å²) < 4.78 is 0. The number of aryl methyl sites for hydroxylation is 2. The highest BCUT2D eigenvalue weighted by Gasteiger charge is 2.30. The van der Waals surface area contributed by atoms with Crippen molar-refractivity contribution in [3.63, 3.8) is 0 Å². The summed E-state index contributed by atoms with van der Waals surface area (Å²) in [6, 6.07) is 20.2. The number of aromatic nitrogens is 2. The summed E-state index contributed by atoms with van der Waals surface area (Å²) in [5.74, 6) is 0.00736. The van der Waals surface area contributed by atoms with Gasteiger partial charge in [-0.1, -0.05) is 72.4 Å². The van der Waals surface area contributed by atoms with Crippen molar-refractivity contribution >= 4 is 17.7 Å². The lowest BCUT2D eigenvalue weighted by Gasteiger charge is -2.32. The highest BCUT2D eigenvalue weighted by atomic mass is 32.2. The van der Waals surface area contributed by atoms with Crippen molar-refractivity contribution in [1.29, 1.82) is 0 Å². The molecule has 0 radical (unpaired) electrons. The molecule has 0 atom stereocenters. The fourth-order valence-electron chi connectivity index (χ4n) is 3.60. The first kappa shape index (κ1) is 21.1. The minimum absolute atomic E-state index is 0.00736. The largest absolute Gasteiger partial charge is 0.343 e. The Bertz CT molecular complexity index is 911. The standard InChI is InChI=1S/C24H27N3OS/c1-17-21(18(2)26-23(25-17)29-4)15-16-22(28)27-24(3,19-11-7-5-8-12-19)20-13-9-6-10-14-20/h5-14H,15-16H2,1-4H3,(H,27,28). The van der Waals surface area contributed by atoms with Gasteiger partial charge in [0, 0.05) is 17.8 Å². The third-order valence-electron chi connectivity index (χ3n) is 5.28. The van der Waals surface area contributed by atoms with Gasteiger partial charge in [0.2, 0.25) is 5.91 Å². The van der Waals surface area contributed by atoms with Crippen molar-refractivity contribution in [3.8, 4) is 0 Å². The number of hydrogen-bond donors (Lipinski definition) is 1. The molecule has 3 rings (SSSR count). The third kappa shape index (κ3) is 4.85. The third-order valence-corrected chi connectivity index (χ3v) is 5.82. The molecule has 29 heavy (non-hydrogen) atoms. The number of thioether (sulfide) groups is 1. The number of hydrogen-bond acceptors (Lipinski definition) is 4. The molecular formula is C24H27N3OS. The average molecular weight is 406 g/mol. The molecule has 0 saturated heterocycles. The normalized spacial score (nSPS) is 11.3. The Morgan fingerprint density at radius 3 is 1.86 bits per heavy atom. The molecule has 0 spiro atoms. The van der Waals surface area contributed by atoms with Crippen molar-refractivity contribution in [1.82, 2.24) is 15.3 Å². The molecule has 0 aliphatic carbocycles. The zero-order valence-electron chi connectivity index (χ0n) is 17.4. The van der Waals surface area contributed by atoms with E-state index in [0.717, 1.165) is 33.2 Å². The molecule has 1 heterocycles. The van der Waals surface area contributed by atoms with Crippen LogP contribution in [0.4, 0.5) is 0 Å². The predicted molar refractivity (Wildman–Crippen MR) is 119 cm³/mol. The van der Waals surface area contributed by atoms with E-state index in [1.807, 2.05) is 56.5 Å². The quantitative estimate of drug-likeness (QED) is 0.452. The van der Waals surface area contributed by atoms with Gasteiger partial charge in [0.25, 0.3) is 0 Å². The molecule has 2 aromatic carbocycles. The van der Waals surface area contributed by atoms with Crippen LogP contribution in [0, 0.1) is 13.8 Å². The van der Waals surface area contributed by atoms with Crippen molar-refractivity contribution in [2.24, 2.45) is 0 Å². The van der Waals surface area contributed by atoms with Crippen LogP contribution in [0.3, 0.4) is 0 Å². The van der Waals surface area contributed by atoms with E-state index >= 15 is 0 Å². The fourth-order valence-corrected chi connectivity index (χ4v) is 4.05. The van der Waals surface area contributed by atoms with Crippen LogP contribution in [-0.4, -0.2) is 22.1 Å². The van der Waals surface area contributed by atoms with Crippen LogP contribution in [0.15, 0.2) is 65.8 Å². The monoisotopic (exact) mass is 405 g/mol. The molecule has 1 amide bonds. The van der Waals surface area contributed by atoms with Gasteiger partial charge in [0.05, 0.1) is 5.54 Å². The van der Waals surface area contributed by atoms with Crippen LogP contribution >= 0.6 is 11.8 Å². The maximum absolute atomic E-state index is 13.0. The Hall–Kier alpha value is -2.66. The van der Waals surface area contributed by atoms with E-state index in [1.165, 1.54) is 11.8 Å². The van der Waals surface area contributed by atoms with Gasteiger partial charge in [-0.2, -0.15) is 0 Å². The zero-order chi connectivity index (χ0) is 20.9. The maximum atomic E-state index is 13.0. The van der Waals surface area contributed by atoms with Crippen molar-refractivity contribution in [2.45, 2.75) is 44.3 Å². The molecule has 0 bridgehead atoms. The van der Waals surface area contributed by atoms with Crippen LogP contribution in [0.2, 0.25) is 0 Å². The SMILES string of the molecule is CSc1nc(C)c(CCC(=O)NC(C)(c2ccccc2)c2ccccc2)c(C)n1. The number of nitrogens with one attached hydrogen (secondary N) is 1.